The molecule has 0 unspecified atom stereocenters. The van der Waals surface area contributed by atoms with Crippen molar-refractivity contribution in [1.29, 1.82) is 0 Å². The SMILES string of the molecule is COCCNC(N)=NCC1(Cc2ccccc2)CCC1.I. The van der Waals surface area contributed by atoms with E-state index in [2.05, 4.69) is 40.6 Å². The molecule has 2 rings (SSSR count). The summed E-state index contributed by atoms with van der Waals surface area (Å²) in [6, 6.07) is 10.7. The van der Waals surface area contributed by atoms with Crippen molar-refractivity contribution in [3.05, 3.63) is 35.9 Å². The third-order valence-electron chi connectivity index (χ3n) is 4.03. The Morgan fingerprint density at radius 2 is 2.05 bits per heavy atom. The summed E-state index contributed by atoms with van der Waals surface area (Å²) in [5.74, 6) is 0.529. The fraction of sp³-hybridized carbons (Fsp3) is 0.562. The third-order valence-corrected chi connectivity index (χ3v) is 4.03. The van der Waals surface area contributed by atoms with Crippen LogP contribution < -0.4 is 11.1 Å². The standard InChI is InChI=1S/C16H25N3O.HI/c1-20-11-10-18-15(17)19-13-16(8-5-9-16)12-14-6-3-2-4-7-14;/h2-4,6-7H,5,8-13H2,1H3,(H3,17,18,19);1H. The molecule has 0 spiro atoms. The Kier molecular flexibility index (Phi) is 8.03. The molecule has 0 heterocycles. The molecular weight excluding hydrogens is 377 g/mol. The van der Waals surface area contributed by atoms with E-state index < -0.39 is 0 Å². The molecule has 0 aromatic heterocycles. The fourth-order valence-electron chi connectivity index (χ4n) is 2.69. The monoisotopic (exact) mass is 403 g/mol. The minimum atomic E-state index is 0. The smallest absolute Gasteiger partial charge is 0.188 e. The molecule has 1 fully saturated rings. The summed E-state index contributed by atoms with van der Waals surface area (Å²) >= 11 is 0. The largest absolute Gasteiger partial charge is 0.383 e. The lowest BCUT2D eigenvalue weighted by atomic mass is 9.65. The first-order valence-corrected chi connectivity index (χ1v) is 7.31. The number of aliphatic imine (C=N–C) groups is 1. The maximum absolute atomic E-state index is 5.88. The van der Waals surface area contributed by atoms with Gasteiger partial charge < -0.3 is 15.8 Å². The Labute approximate surface area is 144 Å². The summed E-state index contributed by atoms with van der Waals surface area (Å²) < 4.78 is 4.98. The molecule has 0 radical (unpaired) electrons. The lowest BCUT2D eigenvalue weighted by molar-refractivity contribution is 0.145. The fourth-order valence-corrected chi connectivity index (χ4v) is 2.69. The molecule has 0 aliphatic heterocycles. The van der Waals surface area contributed by atoms with Crippen LogP contribution in [0.4, 0.5) is 0 Å². The predicted molar refractivity (Wildman–Crippen MR) is 98.2 cm³/mol. The maximum Gasteiger partial charge on any atom is 0.188 e. The average Bonchev–Trinajstić information content (AvgIpc) is 2.43. The number of methoxy groups -OCH3 is 1. The number of hydrogen-bond donors (Lipinski definition) is 2. The summed E-state index contributed by atoms with van der Waals surface area (Å²) in [6.45, 7) is 2.16. The van der Waals surface area contributed by atoms with Crippen molar-refractivity contribution in [3.63, 3.8) is 0 Å². The normalized spacial score (nSPS) is 16.7. The molecule has 3 N–H and O–H groups in total. The summed E-state index contributed by atoms with van der Waals surface area (Å²) in [7, 11) is 1.68. The van der Waals surface area contributed by atoms with Crippen molar-refractivity contribution in [1.82, 2.24) is 5.32 Å². The van der Waals surface area contributed by atoms with E-state index in [1.807, 2.05) is 0 Å². The molecule has 0 atom stereocenters. The van der Waals surface area contributed by atoms with E-state index in [1.165, 1.54) is 24.8 Å². The van der Waals surface area contributed by atoms with Gasteiger partial charge in [-0.2, -0.15) is 0 Å². The highest BCUT2D eigenvalue weighted by Gasteiger charge is 2.36. The van der Waals surface area contributed by atoms with Crippen LogP contribution in [0.25, 0.3) is 0 Å². The van der Waals surface area contributed by atoms with Crippen LogP contribution in [0.2, 0.25) is 0 Å². The van der Waals surface area contributed by atoms with Gasteiger partial charge in [0.05, 0.1) is 6.61 Å². The highest BCUT2D eigenvalue weighted by Crippen LogP contribution is 2.43. The van der Waals surface area contributed by atoms with Gasteiger partial charge in [-0.15, -0.1) is 24.0 Å². The number of rotatable bonds is 7. The Bertz CT molecular complexity index is 432. The quantitative estimate of drug-likeness (QED) is 0.319. The molecule has 0 saturated heterocycles. The molecular formula is C16H26IN3O. The second-order valence-electron chi connectivity index (χ2n) is 5.64. The van der Waals surface area contributed by atoms with Gasteiger partial charge in [0.1, 0.15) is 0 Å². The number of nitrogens with two attached hydrogens (primary N) is 1. The van der Waals surface area contributed by atoms with Crippen LogP contribution in [0.3, 0.4) is 0 Å². The van der Waals surface area contributed by atoms with E-state index in [0.29, 0.717) is 24.5 Å². The van der Waals surface area contributed by atoms with Crippen LogP contribution in [0.15, 0.2) is 35.3 Å². The van der Waals surface area contributed by atoms with E-state index >= 15 is 0 Å². The van der Waals surface area contributed by atoms with E-state index in [4.69, 9.17) is 10.5 Å². The first-order valence-electron chi connectivity index (χ1n) is 7.31. The van der Waals surface area contributed by atoms with E-state index in [0.717, 1.165) is 13.0 Å². The number of hydrogen-bond acceptors (Lipinski definition) is 2. The molecule has 118 valence electrons. The molecule has 0 amide bonds. The van der Waals surface area contributed by atoms with Gasteiger partial charge in [0.25, 0.3) is 0 Å². The summed E-state index contributed by atoms with van der Waals surface area (Å²) in [5.41, 5.74) is 7.59. The lowest BCUT2D eigenvalue weighted by Crippen LogP contribution is -2.39. The molecule has 1 aromatic carbocycles. The molecule has 4 nitrogen and oxygen atoms in total. The summed E-state index contributed by atoms with van der Waals surface area (Å²) in [6.07, 6.45) is 4.90. The van der Waals surface area contributed by atoms with Crippen LogP contribution in [-0.4, -0.2) is 32.8 Å². The zero-order valence-electron chi connectivity index (χ0n) is 12.7. The molecule has 5 heteroatoms. The molecule has 1 aromatic rings. The number of ether oxygens (including phenoxy) is 1. The van der Waals surface area contributed by atoms with Crippen molar-refractivity contribution in [2.45, 2.75) is 25.7 Å². The van der Waals surface area contributed by atoms with Crippen LogP contribution in [0, 0.1) is 5.41 Å². The van der Waals surface area contributed by atoms with Gasteiger partial charge in [-0.05, 0) is 30.2 Å². The first-order chi connectivity index (χ1) is 9.74. The Morgan fingerprint density at radius 1 is 1.33 bits per heavy atom. The number of halogens is 1. The van der Waals surface area contributed by atoms with Gasteiger partial charge in [0, 0.05) is 20.2 Å². The van der Waals surface area contributed by atoms with Gasteiger partial charge in [0.15, 0.2) is 5.96 Å². The molecule has 1 aliphatic carbocycles. The minimum absolute atomic E-state index is 0. The van der Waals surface area contributed by atoms with Gasteiger partial charge in [0.2, 0.25) is 0 Å². The predicted octanol–water partition coefficient (Wildman–Crippen LogP) is 2.57. The van der Waals surface area contributed by atoms with Gasteiger partial charge in [-0.1, -0.05) is 36.8 Å². The van der Waals surface area contributed by atoms with Crippen molar-refractivity contribution in [3.8, 4) is 0 Å². The van der Waals surface area contributed by atoms with E-state index in [9.17, 15) is 0 Å². The second-order valence-corrected chi connectivity index (χ2v) is 5.64. The number of nitrogens with one attached hydrogen (secondary N) is 1. The van der Waals surface area contributed by atoms with Crippen molar-refractivity contribution >= 4 is 29.9 Å². The summed E-state index contributed by atoms with van der Waals surface area (Å²) in [4.78, 5) is 4.51. The second kappa shape index (κ2) is 9.25. The van der Waals surface area contributed by atoms with Crippen molar-refractivity contribution < 1.29 is 4.74 Å². The van der Waals surface area contributed by atoms with Gasteiger partial charge in [-0.25, -0.2) is 0 Å². The zero-order chi connectivity index (χ0) is 14.3. The Morgan fingerprint density at radius 3 is 2.62 bits per heavy atom. The molecule has 21 heavy (non-hydrogen) atoms. The first kappa shape index (κ1) is 18.2. The molecule has 1 saturated carbocycles. The Hall–Kier alpha value is -0.820. The molecule has 1 aliphatic rings. The lowest BCUT2D eigenvalue weighted by Gasteiger charge is -2.41. The van der Waals surface area contributed by atoms with Gasteiger partial charge in [-0.3, -0.25) is 4.99 Å². The summed E-state index contributed by atoms with van der Waals surface area (Å²) in [5, 5.41) is 3.07. The minimum Gasteiger partial charge on any atom is -0.383 e. The Balaban J connectivity index is 0.00000220. The van der Waals surface area contributed by atoms with Gasteiger partial charge >= 0.3 is 0 Å². The number of benzene rings is 1. The van der Waals surface area contributed by atoms with Crippen LogP contribution in [0.1, 0.15) is 24.8 Å². The molecule has 0 bridgehead atoms. The number of nitrogens with zero attached hydrogens (tertiary/aromatic N) is 1. The van der Waals surface area contributed by atoms with Crippen LogP contribution in [-0.2, 0) is 11.2 Å². The van der Waals surface area contributed by atoms with Crippen LogP contribution >= 0.6 is 24.0 Å². The highest BCUT2D eigenvalue weighted by molar-refractivity contribution is 14.0. The zero-order valence-corrected chi connectivity index (χ0v) is 15.0. The third kappa shape index (κ3) is 5.82. The van der Waals surface area contributed by atoms with Crippen molar-refractivity contribution in [2.24, 2.45) is 16.1 Å². The average molecular weight is 403 g/mol. The van der Waals surface area contributed by atoms with E-state index in [1.54, 1.807) is 7.11 Å². The topological polar surface area (TPSA) is 59.6 Å². The van der Waals surface area contributed by atoms with E-state index in [-0.39, 0.29) is 24.0 Å². The van der Waals surface area contributed by atoms with Crippen LogP contribution in [0.5, 0.6) is 0 Å². The highest BCUT2D eigenvalue weighted by atomic mass is 127. The number of guanidine groups is 1. The van der Waals surface area contributed by atoms with Crippen molar-refractivity contribution in [2.75, 3.05) is 26.8 Å². The maximum atomic E-state index is 5.88.